The standard InChI is InChI=1S/C9H12N4O4/c14-7(15)3-6-4-13(1-2-17-6)9(16)8-10-5-11-12-8/h5-6H,1-4H2,(H,14,15)(H,10,11,12). The Hall–Kier alpha value is -1.96. The van der Waals surface area contributed by atoms with Gasteiger partial charge < -0.3 is 14.7 Å². The lowest BCUT2D eigenvalue weighted by atomic mass is 10.2. The third-order valence-electron chi connectivity index (χ3n) is 2.45. The fourth-order valence-corrected chi connectivity index (χ4v) is 1.68. The van der Waals surface area contributed by atoms with E-state index >= 15 is 0 Å². The van der Waals surface area contributed by atoms with Crippen LogP contribution in [0.3, 0.4) is 0 Å². The summed E-state index contributed by atoms with van der Waals surface area (Å²) >= 11 is 0. The van der Waals surface area contributed by atoms with Crippen LogP contribution in [0.25, 0.3) is 0 Å². The van der Waals surface area contributed by atoms with E-state index in [0.717, 1.165) is 0 Å². The number of aromatic nitrogens is 3. The van der Waals surface area contributed by atoms with Crippen molar-refractivity contribution in [1.29, 1.82) is 0 Å². The number of carboxylic acid groups (broad SMARTS) is 1. The Labute approximate surface area is 96.6 Å². The van der Waals surface area contributed by atoms with Crippen molar-refractivity contribution in [2.45, 2.75) is 12.5 Å². The fourth-order valence-electron chi connectivity index (χ4n) is 1.68. The van der Waals surface area contributed by atoms with Crippen LogP contribution in [0, 0.1) is 0 Å². The van der Waals surface area contributed by atoms with E-state index in [4.69, 9.17) is 9.84 Å². The lowest BCUT2D eigenvalue weighted by Crippen LogP contribution is -2.46. The van der Waals surface area contributed by atoms with Crippen molar-refractivity contribution in [3.8, 4) is 0 Å². The molecule has 0 aliphatic carbocycles. The number of amides is 1. The van der Waals surface area contributed by atoms with Crippen LogP contribution in [0.15, 0.2) is 6.33 Å². The Morgan fingerprint density at radius 2 is 2.47 bits per heavy atom. The molecule has 1 amide bonds. The quantitative estimate of drug-likeness (QED) is 0.710. The van der Waals surface area contributed by atoms with E-state index in [2.05, 4.69) is 15.2 Å². The summed E-state index contributed by atoms with van der Waals surface area (Å²) in [5.41, 5.74) is 0. The highest BCUT2D eigenvalue weighted by Crippen LogP contribution is 2.10. The molecule has 2 rings (SSSR count). The molecule has 8 heteroatoms. The van der Waals surface area contributed by atoms with E-state index in [1.54, 1.807) is 0 Å². The van der Waals surface area contributed by atoms with Crippen LogP contribution < -0.4 is 0 Å². The summed E-state index contributed by atoms with van der Waals surface area (Å²) in [6.45, 7) is 1.01. The van der Waals surface area contributed by atoms with E-state index in [1.165, 1.54) is 11.2 Å². The molecule has 1 saturated heterocycles. The first kappa shape index (κ1) is 11.5. The van der Waals surface area contributed by atoms with Crippen LogP contribution in [-0.4, -0.2) is 62.9 Å². The first-order valence-electron chi connectivity index (χ1n) is 5.15. The second-order valence-corrected chi connectivity index (χ2v) is 3.68. The van der Waals surface area contributed by atoms with Crippen molar-refractivity contribution >= 4 is 11.9 Å². The molecule has 1 aromatic rings. The molecule has 0 radical (unpaired) electrons. The van der Waals surface area contributed by atoms with Gasteiger partial charge in [0.2, 0.25) is 5.82 Å². The number of carbonyl (C=O) groups excluding carboxylic acids is 1. The van der Waals surface area contributed by atoms with E-state index in [9.17, 15) is 9.59 Å². The molecule has 1 fully saturated rings. The van der Waals surface area contributed by atoms with E-state index in [-0.39, 0.29) is 24.7 Å². The molecule has 2 heterocycles. The Balaban J connectivity index is 1.97. The van der Waals surface area contributed by atoms with Crippen molar-refractivity contribution in [2.75, 3.05) is 19.7 Å². The molecule has 0 bridgehead atoms. The van der Waals surface area contributed by atoms with Gasteiger partial charge in [-0.25, -0.2) is 4.98 Å². The Kier molecular flexibility index (Phi) is 3.33. The van der Waals surface area contributed by atoms with Crippen LogP contribution >= 0.6 is 0 Å². The number of nitrogens with zero attached hydrogens (tertiary/aromatic N) is 3. The zero-order valence-electron chi connectivity index (χ0n) is 9.00. The number of aliphatic carboxylic acids is 1. The molecule has 0 spiro atoms. The van der Waals surface area contributed by atoms with Gasteiger partial charge in [0.15, 0.2) is 0 Å². The van der Waals surface area contributed by atoms with Gasteiger partial charge in [-0.05, 0) is 0 Å². The summed E-state index contributed by atoms with van der Waals surface area (Å²) in [5, 5.41) is 14.7. The highest BCUT2D eigenvalue weighted by Gasteiger charge is 2.27. The Morgan fingerprint density at radius 3 is 3.12 bits per heavy atom. The lowest BCUT2D eigenvalue weighted by molar-refractivity contribution is -0.141. The number of aromatic amines is 1. The van der Waals surface area contributed by atoms with Crippen molar-refractivity contribution in [1.82, 2.24) is 20.1 Å². The normalized spacial score (nSPS) is 20.2. The molecule has 1 aliphatic rings. The summed E-state index contributed by atoms with van der Waals surface area (Å²) in [7, 11) is 0. The van der Waals surface area contributed by atoms with Crippen LogP contribution in [-0.2, 0) is 9.53 Å². The molecule has 92 valence electrons. The van der Waals surface area contributed by atoms with Crippen LogP contribution in [0.4, 0.5) is 0 Å². The molecule has 1 aliphatic heterocycles. The third kappa shape index (κ3) is 2.78. The average Bonchev–Trinajstić information content (AvgIpc) is 2.81. The zero-order valence-corrected chi connectivity index (χ0v) is 9.00. The monoisotopic (exact) mass is 240 g/mol. The molecular weight excluding hydrogens is 228 g/mol. The lowest BCUT2D eigenvalue weighted by Gasteiger charge is -2.31. The van der Waals surface area contributed by atoms with Crippen molar-refractivity contribution in [3.63, 3.8) is 0 Å². The number of H-pyrrole nitrogens is 1. The van der Waals surface area contributed by atoms with Crippen molar-refractivity contribution in [3.05, 3.63) is 12.2 Å². The summed E-state index contributed by atoms with van der Waals surface area (Å²) in [5.74, 6) is -1.08. The SMILES string of the molecule is O=C(O)CC1CN(C(=O)c2ncn[nH]2)CCO1. The van der Waals surface area contributed by atoms with Gasteiger partial charge in [-0.1, -0.05) is 0 Å². The maximum Gasteiger partial charge on any atom is 0.306 e. The molecule has 0 aromatic carbocycles. The van der Waals surface area contributed by atoms with Crippen LogP contribution in [0.5, 0.6) is 0 Å². The maximum absolute atomic E-state index is 11.9. The minimum atomic E-state index is -0.941. The number of morpholine rings is 1. The number of nitrogens with one attached hydrogen (secondary N) is 1. The van der Waals surface area contributed by atoms with Gasteiger partial charge in [-0.3, -0.25) is 14.7 Å². The minimum absolute atomic E-state index is 0.111. The zero-order chi connectivity index (χ0) is 12.3. The molecule has 17 heavy (non-hydrogen) atoms. The van der Waals surface area contributed by atoms with E-state index in [1.807, 2.05) is 0 Å². The second kappa shape index (κ2) is 4.91. The number of carbonyl (C=O) groups is 2. The predicted molar refractivity (Wildman–Crippen MR) is 54.3 cm³/mol. The highest BCUT2D eigenvalue weighted by molar-refractivity contribution is 5.90. The van der Waals surface area contributed by atoms with Gasteiger partial charge in [0, 0.05) is 13.1 Å². The first-order valence-corrected chi connectivity index (χ1v) is 5.15. The molecule has 0 saturated carbocycles. The predicted octanol–water partition coefficient (Wildman–Crippen LogP) is -0.880. The second-order valence-electron chi connectivity index (χ2n) is 3.68. The summed E-state index contributed by atoms with van der Waals surface area (Å²) < 4.78 is 5.27. The van der Waals surface area contributed by atoms with Crippen molar-refractivity contribution in [2.24, 2.45) is 0 Å². The van der Waals surface area contributed by atoms with Gasteiger partial charge in [0.25, 0.3) is 5.91 Å². The minimum Gasteiger partial charge on any atom is -0.481 e. The number of rotatable bonds is 3. The summed E-state index contributed by atoms with van der Waals surface area (Å²) in [4.78, 5) is 27.7. The molecular formula is C9H12N4O4. The number of hydrogen-bond donors (Lipinski definition) is 2. The summed E-state index contributed by atoms with van der Waals surface area (Å²) in [6.07, 6.45) is 0.677. The van der Waals surface area contributed by atoms with Crippen LogP contribution in [0.1, 0.15) is 17.0 Å². The first-order chi connectivity index (χ1) is 8.16. The smallest absolute Gasteiger partial charge is 0.306 e. The maximum atomic E-state index is 11.9. The largest absolute Gasteiger partial charge is 0.481 e. The molecule has 2 N–H and O–H groups in total. The van der Waals surface area contributed by atoms with E-state index < -0.39 is 12.1 Å². The summed E-state index contributed by atoms with van der Waals surface area (Å²) in [6, 6.07) is 0. The van der Waals surface area contributed by atoms with E-state index in [0.29, 0.717) is 13.2 Å². The Morgan fingerprint density at radius 1 is 1.65 bits per heavy atom. The fraction of sp³-hybridized carbons (Fsp3) is 0.556. The molecule has 1 atom stereocenters. The van der Waals surface area contributed by atoms with Gasteiger partial charge in [-0.2, -0.15) is 5.10 Å². The highest BCUT2D eigenvalue weighted by atomic mass is 16.5. The van der Waals surface area contributed by atoms with Gasteiger partial charge in [0.05, 0.1) is 19.1 Å². The number of carboxylic acids is 1. The topological polar surface area (TPSA) is 108 Å². The third-order valence-corrected chi connectivity index (χ3v) is 2.45. The Bertz CT molecular complexity index is 405. The van der Waals surface area contributed by atoms with Crippen molar-refractivity contribution < 1.29 is 19.4 Å². The molecule has 1 aromatic heterocycles. The van der Waals surface area contributed by atoms with Crippen LogP contribution in [0.2, 0.25) is 0 Å². The average molecular weight is 240 g/mol. The van der Waals surface area contributed by atoms with Gasteiger partial charge >= 0.3 is 5.97 Å². The number of hydrogen-bond acceptors (Lipinski definition) is 5. The molecule has 1 unspecified atom stereocenters. The number of ether oxygens (including phenoxy) is 1. The molecule has 8 nitrogen and oxygen atoms in total. The van der Waals surface area contributed by atoms with Gasteiger partial charge in [0.1, 0.15) is 6.33 Å². The van der Waals surface area contributed by atoms with Gasteiger partial charge in [-0.15, -0.1) is 0 Å².